The minimum atomic E-state index is -0.425. The molecule has 0 bridgehead atoms. The molecule has 0 aliphatic carbocycles. The van der Waals surface area contributed by atoms with Gasteiger partial charge in [-0.2, -0.15) is 0 Å². The van der Waals surface area contributed by atoms with E-state index in [2.05, 4.69) is 4.98 Å². The van der Waals surface area contributed by atoms with Crippen LogP contribution in [-0.4, -0.2) is 10.2 Å². The number of aryl methyl sites for hydroxylation is 1. The standard InChI is InChI=1S/C7H8ClNO/c1-4-3-9-6(5(4)2)7(8)10/h3,9H,1-2H3. The van der Waals surface area contributed by atoms with Crippen molar-refractivity contribution in [2.24, 2.45) is 0 Å². The van der Waals surface area contributed by atoms with Crippen molar-refractivity contribution in [1.82, 2.24) is 4.98 Å². The van der Waals surface area contributed by atoms with Crippen LogP contribution in [0, 0.1) is 13.8 Å². The summed E-state index contributed by atoms with van der Waals surface area (Å²) in [5.74, 6) is 0. The van der Waals surface area contributed by atoms with Crippen LogP contribution in [-0.2, 0) is 0 Å². The van der Waals surface area contributed by atoms with Crippen LogP contribution < -0.4 is 0 Å². The normalized spacial score (nSPS) is 9.90. The molecule has 10 heavy (non-hydrogen) atoms. The highest BCUT2D eigenvalue weighted by Gasteiger charge is 2.08. The number of halogens is 1. The van der Waals surface area contributed by atoms with Crippen LogP contribution in [0.15, 0.2) is 6.20 Å². The van der Waals surface area contributed by atoms with Gasteiger partial charge in [-0.15, -0.1) is 0 Å². The second-order valence-electron chi connectivity index (χ2n) is 2.25. The van der Waals surface area contributed by atoms with E-state index < -0.39 is 5.24 Å². The lowest BCUT2D eigenvalue weighted by atomic mass is 10.2. The van der Waals surface area contributed by atoms with Crippen LogP contribution in [0.25, 0.3) is 0 Å². The molecule has 1 N–H and O–H groups in total. The number of hydrogen-bond donors (Lipinski definition) is 1. The third-order valence-electron chi connectivity index (χ3n) is 1.60. The van der Waals surface area contributed by atoms with Crippen molar-refractivity contribution in [3.8, 4) is 0 Å². The highest BCUT2D eigenvalue weighted by Crippen LogP contribution is 2.12. The first-order chi connectivity index (χ1) is 4.63. The Bertz CT molecular complexity index is 265. The van der Waals surface area contributed by atoms with Gasteiger partial charge in [-0.05, 0) is 36.6 Å². The van der Waals surface area contributed by atoms with Gasteiger partial charge in [0.15, 0.2) is 0 Å². The van der Waals surface area contributed by atoms with Gasteiger partial charge in [-0.25, -0.2) is 0 Å². The number of aromatic nitrogens is 1. The fraction of sp³-hybridized carbons (Fsp3) is 0.286. The molecular formula is C7H8ClNO. The molecule has 0 atom stereocenters. The number of nitrogens with one attached hydrogen (secondary N) is 1. The molecule has 0 fully saturated rings. The first-order valence-electron chi connectivity index (χ1n) is 2.97. The molecule has 0 aliphatic rings. The molecule has 3 heteroatoms. The van der Waals surface area contributed by atoms with E-state index in [1.54, 1.807) is 6.20 Å². The van der Waals surface area contributed by atoms with Crippen molar-refractivity contribution >= 4 is 16.8 Å². The topological polar surface area (TPSA) is 32.9 Å². The van der Waals surface area contributed by atoms with Crippen LogP contribution in [0.1, 0.15) is 21.6 Å². The Morgan fingerprint density at radius 1 is 1.60 bits per heavy atom. The van der Waals surface area contributed by atoms with Crippen LogP contribution in [0.4, 0.5) is 0 Å². The average molecular weight is 158 g/mol. The monoisotopic (exact) mass is 157 g/mol. The minimum absolute atomic E-state index is 0.425. The molecule has 0 saturated heterocycles. The second kappa shape index (κ2) is 2.46. The Hall–Kier alpha value is -0.760. The molecule has 0 saturated carbocycles. The van der Waals surface area contributed by atoms with Gasteiger partial charge in [0.2, 0.25) is 0 Å². The molecule has 1 heterocycles. The summed E-state index contributed by atoms with van der Waals surface area (Å²) in [6.45, 7) is 3.79. The maximum absolute atomic E-state index is 10.6. The maximum Gasteiger partial charge on any atom is 0.268 e. The summed E-state index contributed by atoms with van der Waals surface area (Å²) in [6, 6.07) is 0. The smallest absolute Gasteiger partial charge is 0.268 e. The van der Waals surface area contributed by atoms with E-state index in [9.17, 15) is 4.79 Å². The molecule has 0 unspecified atom stereocenters. The average Bonchev–Trinajstić information content (AvgIpc) is 2.14. The summed E-state index contributed by atoms with van der Waals surface area (Å²) in [4.78, 5) is 13.4. The summed E-state index contributed by atoms with van der Waals surface area (Å²) in [7, 11) is 0. The largest absolute Gasteiger partial charge is 0.357 e. The number of aromatic amines is 1. The zero-order valence-corrected chi connectivity index (χ0v) is 6.62. The summed E-state index contributed by atoms with van der Waals surface area (Å²) in [5.41, 5.74) is 2.49. The van der Waals surface area contributed by atoms with E-state index in [1.807, 2.05) is 13.8 Å². The van der Waals surface area contributed by atoms with E-state index in [4.69, 9.17) is 11.6 Å². The summed E-state index contributed by atoms with van der Waals surface area (Å²) < 4.78 is 0. The van der Waals surface area contributed by atoms with Crippen molar-refractivity contribution < 1.29 is 4.79 Å². The van der Waals surface area contributed by atoms with E-state index >= 15 is 0 Å². The van der Waals surface area contributed by atoms with Gasteiger partial charge < -0.3 is 4.98 Å². The van der Waals surface area contributed by atoms with E-state index in [0.29, 0.717) is 5.69 Å². The summed E-state index contributed by atoms with van der Waals surface area (Å²) in [5, 5.41) is -0.425. The van der Waals surface area contributed by atoms with Gasteiger partial charge in [0, 0.05) is 6.20 Å². The lowest BCUT2D eigenvalue weighted by Gasteiger charge is -1.89. The Labute approximate surface area is 64.2 Å². The Balaban J connectivity index is 3.17. The minimum Gasteiger partial charge on any atom is -0.357 e. The Morgan fingerprint density at radius 2 is 2.20 bits per heavy atom. The fourth-order valence-electron chi connectivity index (χ4n) is 0.798. The fourth-order valence-corrected chi connectivity index (χ4v) is 0.995. The molecule has 0 spiro atoms. The number of hydrogen-bond acceptors (Lipinski definition) is 1. The van der Waals surface area contributed by atoms with Crippen LogP contribution in [0.3, 0.4) is 0 Å². The summed E-state index contributed by atoms with van der Waals surface area (Å²) >= 11 is 5.25. The van der Waals surface area contributed by atoms with Gasteiger partial charge in [-0.3, -0.25) is 4.79 Å². The Kier molecular flexibility index (Phi) is 1.81. The molecule has 0 aromatic carbocycles. The van der Waals surface area contributed by atoms with Crippen molar-refractivity contribution in [2.75, 3.05) is 0 Å². The molecule has 0 radical (unpaired) electrons. The van der Waals surface area contributed by atoms with Crippen LogP contribution in [0.5, 0.6) is 0 Å². The van der Waals surface area contributed by atoms with Gasteiger partial charge in [0.05, 0.1) is 0 Å². The van der Waals surface area contributed by atoms with Crippen molar-refractivity contribution in [3.63, 3.8) is 0 Å². The van der Waals surface area contributed by atoms with Gasteiger partial charge >= 0.3 is 0 Å². The summed E-state index contributed by atoms with van der Waals surface area (Å²) in [6.07, 6.45) is 1.77. The number of H-pyrrole nitrogens is 1. The van der Waals surface area contributed by atoms with Gasteiger partial charge in [0.1, 0.15) is 5.69 Å². The molecule has 1 aromatic heterocycles. The van der Waals surface area contributed by atoms with Crippen molar-refractivity contribution in [2.45, 2.75) is 13.8 Å². The molecule has 1 aromatic rings. The highest BCUT2D eigenvalue weighted by atomic mass is 35.5. The third kappa shape index (κ3) is 1.07. The lowest BCUT2D eigenvalue weighted by Crippen LogP contribution is -1.90. The van der Waals surface area contributed by atoms with Crippen LogP contribution in [0.2, 0.25) is 0 Å². The molecule has 0 aliphatic heterocycles. The van der Waals surface area contributed by atoms with E-state index in [0.717, 1.165) is 11.1 Å². The highest BCUT2D eigenvalue weighted by molar-refractivity contribution is 6.67. The zero-order chi connectivity index (χ0) is 7.72. The van der Waals surface area contributed by atoms with Crippen molar-refractivity contribution in [1.29, 1.82) is 0 Å². The van der Waals surface area contributed by atoms with E-state index in [-0.39, 0.29) is 0 Å². The molecular weight excluding hydrogens is 150 g/mol. The number of carbonyl (C=O) groups is 1. The zero-order valence-electron chi connectivity index (χ0n) is 5.86. The Morgan fingerprint density at radius 3 is 2.40 bits per heavy atom. The van der Waals surface area contributed by atoms with Crippen LogP contribution >= 0.6 is 11.6 Å². The molecule has 54 valence electrons. The quantitative estimate of drug-likeness (QED) is 0.622. The van der Waals surface area contributed by atoms with Crippen molar-refractivity contribution in [3.05, 3.63) is 23.0 Å². The first kappa shape index (κ1) is 7.35. The lowest BCUT2D eigenvalue weighted by molar-refractivity contribution is 0.107. The first-order valence-corrected chi connectivity index (χ1v) is 3.35. The predicted octanol–water partition coefficient (Wildman–Crippen LogP) is 2.01. The van der Waals surface area contributed by atoms with Gasteiger partial charge in [-0.1, -0.05) is 0 Å². The second-order valence-corrected chi connectivity index (χ2v) is 2.59. The van der Waals surface area contributed by atoms with E-state index in [1.165, 1.54) is 0 Å². The number of carbonyl (C=O) groups excluding carboxylic acids is 1. The molecule has 0 amide bonds. The SMILES string of the molecule is Cc1c[nH]c(C(=O)Cl)c1C. The predicted molar refractivity (Wildman–Crippen MR) is 40.5 cm³/mol. The number of rotatable bonds is 1. The molecule has 1 rings (SSSR count). The van der Waals surface area contributed by atoms with Gasteiger partial charge in [0.25, 0.3) is 5.24 Å². The third-order valence-corrected chi connectivity index (χ3v) is 1.79. The molecule has 2 nitrogen and oxygen atoms in total. The maximum atomic E-state index is 10.6.